The predicted octanol–water partition coefficient (Wildman–Crippen LogP) is 5.06. The lowest BCUT2D eigenvalue weighted by molar-refractivity contribution is 0.411. The molecule has 2 rings (SSSR count). The molecule has 0 spiro atoms. The van der Waals surface area contributed by atoms with Crippen LogP contribution in [0.4, 0.5) is 0 Å². The molecule has 2 N–H and O–H groups in total. The molecule has 1 fully saturated rings. The van der Waals surface area contributed by atoms with Crippen LogP contribution >= 0.6 is 12.2 Å². The summed E-state index contributed by atoms with van der Waals surface area (Å²) in [5.74, 6) is 0.631. The van der Waals surface area contributed by atoms with E-state index in [1.165, 1.54) is 49.7 Å². The zero-order valence-corrected chi connectivity index (χ0v) is 15.0. The van der Waals surface area contributed by atoms with Crippen molar-refractivity contribution in [3.05, 3.63) is 35.4 Å². The van der Waals surface area contributed by atoms with Gasteiger partial charge in [0, 0.05) is 6.04 Å². The Bertz CT molecular complexity index is 463. The predicted molar refractivity (Wildman–Crippen MR) is 99.3 cm³/mol. The van der Waals surface area contributed by atoms with Crippen LogP contribution in [-0.4, -0.2) is 11.2 Å². The van der Waals surface area contributed by atoms with E-state index in [0.29, 0.717) is 12.0 Å². The van der Waals surface area contributed by atoms with E-state index in [9.17, 15) is 0 Å². The van der Waals surface area contributed by atoms with E-state index in [2.05, 4.69) is 55.7 Å². The van der Waals surface area contributed by atoms with E-state index >= 15 is 0 Å². The number of rotatable bonds is 5. The fourth-order valence-corrected chi connectivity index (χ4v) is 3.45. The van der Waals surface area contributed by atoms with Gasteiger partial charge in [0.15, 0.2) is 5.11 Å². The molecule has 0 unspecified atom stereocenters. The van der Waals surface area contributed by atoms with Crippen LogP contribution in [0.2, 0.25) is 0 Å². The van der Waals surface area contributed by atoms with Crippen LogP contribution < -0.4 is 10.6 Å². The summed E-state index contributed by atoms with van der Waals surface area (Å²) in [6.07, 6.45) is 7.71. The van der Waals surface area contributed by atoms with E-state index in [1.807, 2.05) is 0 Å². The highest BCUT2D eigenvalue weighted by Crippen LogP contribution is 2.21. The average Bonchev–Trinajstić information content (AvgIpc) is 2.55. The van der Waals surface area contributed by atoms with Crippen LogP contribution in [0, 0.1) is 0 Å². The molecule has 0 amide bonds. The quantitative estimate of drug-likeness (QED) is 0.742. The number of nitrogens with one attached hydrogen (secondary N) is 2. The van der Waals surface area contributed by atoms with Gasteiger partial charge in [-0.3, -0.25) is 0 Å². The summed E-state index contributed by atoms with van der Waals surface area (Å²) in [7, 11) is 0. The molecule has 1 saturated carbocycles. The smallest absolute Gasteiger partial charge is 0.166 e. The Balaban J connectivity index is 1.85. The minimum absolute atomic E-state index is 0.245. The van der Waals surface area contributed by atoms with Crippen LogP contribution in [0.25, 0.3) is 0 Å². The van der Waals surface area contributed by atoms with Gasteiger partial charge in [-0.1, -0.05) is 57.4 Å². The van der Waals surface area contributed by atoms with Gasteiger partial charge in [0.1, 0.15) is 0 Å². The van der Waals surface area contributed by atoms with Gasteiger partial charge in [-0.25, -0.2) is 0 Å². The molecule has 122 valence electrons. The molecule has 22 heavy (non-hydrogen) atoms. The van der Waals surface area contributed by atoms with E-state index in [1.54, 1.807) is 0 Å². The molecule has 1 aromatic carbocycles. The molecule has 0 bridgehead atoms. The molecule has 1 aliphatic rings. The van der Waals surface area contributed by atoms with E-state index in [4.69, 9.17) is 12.2 Å². The van der Waals surface area contributed by atoms with Gasteiger partial charge < -0.3 is 10.6 Å². The minimum Gasteiger partial charge on any atom is -0.360 e. The number of thiocarbonyl (C=S) groups is 1. The van der Waals surface area contributed by atoms with Crippen molar-refractivity contribution < 1.29 is 0 Å². The first-order chi connectivity index (χ1) is 10.6. The first-order valence-corrected chi connectivity index (χ1v) is 9.17. The molecule has 0 aliphatic heterocycles. The van der Waals surface area contributed by atoms with Gasteiger partial charge in [-0.15, -0.1) is 0 Å². The summed E-state index contributed by atoms with van der Waals surface area (Å²) in [4.78, 5) is 0. The van der Waals surface area contributed by atoms with Crippen molar-refractivity contribution in [1.82, 2.24) is 10.6 Å². The molecule has 2 atom stereocenters. The summed E-state index contributed by atoms with van der Waals surface area (Å²) in [5.41, 5.74) is 2.71. The van der Waals surface area contributed by atoms with Gasteiger partial charge in [0.05, 0.1) is 6.04 Å². The number of hydrogen-bond donors (Lipinski definition) is 2. The standard InChI is InChI=1S/C19H30N2S/c1-4-14(2)16-10-12-17(13-11-16)15(3)20-19(22)21-18-8-6-5-7-9-18/h10-15,18H,4-9H2,1-3H3,(H2,20,21,22)/t14-,15+/m0/s1. The Morgan fingerprint density at radius 2 is 1.68 bits per heavy atom. The third-order valence-corrected chi connectivity index (χ3v) is 5.14. The lowest BCUT2D eigenvalue weighted by atomic mass is 9.95. The Morgan fingerprint density at radius 1 is 1.09 bits per heavy atom. The van der Waals surface area contributed by atoms with E-state index < -0.39 is 0 Å². The van der Waals surface area contributed by atoms with Gasteiger partial charge in [-0.05, 0) is 55.4 Å². The molecule has 0 aromatic heterocycles. The number of hydrogen-bond acceptors (Lipinski definition) is 1. The van der Waals surface area contributed by atoms with Gasteiger partial charge >= 0.3 is 0 Å². The molecule has 3 heteroatoms. The van der Waals surface area contributed by atoms with Crippen LogP contribution in [0.15, 0.2) is 24.3 Å². The second-order valence-corrected chi connectivity index (χ2v) is 7.06. The molecule has 0 heterocycles. The van der Waals surface area contributed by atoms with Crippen LogP contribution in [-0.2, 0) is 0 Å². The molecule has 1 aliphatic carbocycles. The SMILES string of the molecule is CC[C@H](C)c1ccc([C@@H](C)NC(=S)NC2CCCCC2)cc1. The second-order valence-electron chi connectivity index (χ2n) is 6.65. The molecule has 1 aromatic rings. The first-order valence-electron chi connectivity index (χ1n) is 8.77. The van der Waals surface area contributed by atoms with Crippen LogP contribution in [0.1, 0.15) is 82.4 Å². The summed E-state index contributed by atoms with van der Waals surface area (Å²) >= 11 is 5.47. The van der Waals surface area contributed by atoms with Crippen molar-refractivity contribution in [2.45, 2.75) is 77.3 Å². The third-order valence-electron chi connectivity index (χ3n) is 4.91. The maximum atomic E-state index is 5.47. The van der Waals surface area contributed by atoms with Gasteiger partial charge in [0.2, 0.25) is 0 Å². The zero-order valence-electron chi connectivity index (χ0n) is 14.2. The lowest BCUT2D eigenvalue weighted by Crippen LogP contribution is -2.43. The highest BCUT2D eigenvalue weighted by Gasteiger charge is 2.15. The van der Waals surface area contributed by atoms with Crippen LogP contribution in [0.3, 0.4) is 0 Å². The Morgan fingerprint density at radius 3 is 2.27 bits per heavy atom. The fourth-order valence-electron chi connectivity index (χ4n) is 3.10. The monoisotopic (exact) mass is 318 g/mol. The Labute approximate surface area is 141 Å². The lowest BCUT2D eigenvalue weighted by Gasteiger charge is -2.26. The summed E-state index contributed by atoms with van der Waals surface area (Å²) in [6, 6.07) is 9.76. The first kappa shape index (κ1) is 17.3. The maximum Gasteiger partial charge on any atom is 0.166 e. The fraction of sp³-hybridized carbons (Fsp3) is 0.632. The van der Waals surface area contributed by atoms with Crippen molar-refractivity contribution >= 4 is 17.3 Å². The van der Waals surface area contributed by atoms with Crippen molar-refractivity contribution in [1.29, 1.82) is 0 Å². The van der Waals surface area contributed by atoms with Crippen molar-refractivity contribution in [3.8, 4) is 0 Å². The van der Waals surface area contributed by atoms with Gasteiger partial charge in [0.25, 0.3) is 0 Å². The normalized spacial score (nSPS) is 18.5. The van der Waals surface area contributed by atoms with Crippen LogP contribution in [0.5, 0.6) is 0 Å². The summed E-state index contributed by atoms with van der Waals surface area (Å²) < 4.78 is 0. The van der Waals surface area contributed by atoms with E-state index in [0.717, 1.165) is 5.11 Å². The van der Waals surface area contributed by atoms with E-state index in [-0.39, 0.29) is 6.04 Å². The maximum absolute atomic E-state index is 5.47. The van der Waals surface area contributed by atoms with Crippen molar-refractivity contribution in [2.24, 2.45) is 0 Å². The molecular formula is C19H30N2S. The summed E-state index contributed by atoms with van der Waals surface area (Å²) in [5, 5.41) is 7.70. The number of benzene rings is 1. The van der Waals surface area contributed by atoms with Gasteiger partial charge in [-0.2, -0.15) is 0 Å². The summed E-state index contributed by atoms with van der Waals surface area (Å²) in [6.45, 7) is 6.69. The van der Waals surface area contributed by atoms with Crippen molar-refractivity contribution in [3.63, 3.8) is 0 Å². The topological polar surface area (TPSA) is 24.1 Å². The zero-order chi connectivity index (χ0) is 15.9. The Kier molecular flexibility index (Phi) is 6.69. The highest BCUT2D eigenvalue weighted by molar-refractivity contribution is 7.80. The third kappa shape index (κ3) is 4.98. The Hall–Kier alpha value is -1.09. The molecular weight excluding hydrogens is 288 g/mol. The average molecular weight is 319 g/mol. The molecule has 0 saturated heterocycles. The molecule has 2 nitrogen and oxygen atoms in total. The molecule has 0 radical (unpaired) electrons. The largest absolute Gasteiger partial charge is 0.360 e. The second kappa shape index (κ2) is 8.52. The minimum atomic E-state index is 0.245. The van der Waals surface area contributed by atoms with Crippen molar-refractivity contribution in [2.75, 3.05) is 0 Å². The highest BCUT2D eigenvalue weighted by atomic mass is 32.1.